The summed E-state index contributed by atoms with van der Waals surface area (Å²) in [6.45, 7) is 4.63. The number of rotatable bonds is 4. The molecular weight excluding hydrogens is 120 g/mol. The Morgan fingerprint density at radius 2 is 2.30 bits per heavy atom. The first-order valence-corrected chi connectivity index (χ1v) is 4.49. The van der Waals surface area contributed by atoms with Crippen molar-refractivity contribution in [1.29, 1.82) is 0 Å². The SMILES string of the molecule is CCC(C)CCC1C=CC1. The molecule has 0 nitrogen and oxygen atoms in total. The van der Waals surface area contributed by atoms with Crippen LogP contribution in [0.25, 0.3) is 0 Å². The van der Waals surface area contributed by atoms with Gasteiger partial charge in [0.05, 0.1) is 0 Å². The van der Waals surface area contributed by atoms with Crippen LogP contribution in [-0.2, 0) is 0 Å². The smallest absolute Gasteiger partial charge is 0.0199 e. The van der Waals surface area contributed by atoms with Gasteiger partial charge < -0.3 is 0 Å². The fourth-order valence-electron chi connectivity index (χ4n) is 1.25. The molecule has 1 aliphatic carbocycles. The molecule has 0 aromatic rings. The summed E-state index contributed by atoms with van der Waals surface area (Å²) in [4.78, 5) is 0. The van der Waals surface area contributed by atoms with Crippen LogP contribution >= 0.6 is 0 Å². The first-order chi connectivity index (χ1) is 4.83. The van der Waals surface area contributed by atoms with Gasteiger partial charge in [0, 0.05) is 0 Å². The third-order valence-electron chi connectivity index (χ3n) is 2.57. The Bertz CT molecular complexity index is 113. The van der Waals surface area contributed by atoms with Gasteiger partial charge in [-0.05, 0) is 24.7 Å². The van der Waals surface area contributed by atoms with Gasteiger partial charge in [0.1, 0.15) is 0 Å². The topological polar surface area (TPSA) is 0 Å². The molecule has 0 amide bonds. The summed E-state index contributed by atoms with van der Waals surface area (Å²) in [5.74, 6) is 1.88. The molecule has 1 aliphatic rings. The lowest BCUT2D eigenvalue weighted by atomic mass is 9.87. The first-order valence-electron chi connectivity index (χ1n) is 4.49. The molecule has 0 aromatic heterocycles. The van der Waals surface area contributed by atoms with Crippen molar-refractivity contribution >= 4 is 0 Å². The van der Waals surface area contributed by atoms with Gasteiger partial charge >= 0.3 is 0 Å². The zero-order chi connectivity index (χ0) is 7.40. The third-order valence-corrected chi connectivity index (χ3v) is 2.57. The molecular formula is C10H18. The lowest BCUT2D eigenvalue weighted by Gasteiger charge is -2.18. The van der Waals surface area contributed by atoms with Crippen LogP contribution in [0.4, 0.5) is 0 Å². The molecule has 0 saturated heterocycles. The Morgan fingerprint density at radius 1 is 1.60 bits per heavy atom. The minimum atomic E-state index is 0.939. The fourth-order valence-corrected chi connectivity index (χ4v) is 1.25. The summed E-state index contributed by atoms with van der Waals surface area (Å²) < 4.78 is 0. The van der Waals surface area contributed by atoms with E-state index in [0.717, 1.165) is 11.8 Å². The highest BCUT2D eigenvalue weighted by molar-refractivity contribution is 5.01. The third kappa shape index (κ3) is 2.17. The summed E-state index contributed by atoms with van der Waals surface area (Å²) in [6.07, 6.45) is 10.2. The summed E-state index contributed by atoms with van der Waals surface area (Å²) in [5.41, 5.74) is 0. The van der Waals surface area contributed by atoms with Crippen molar-refractivity contribution in [2.24, 2.45) is 11.8 Å². The van der Waals surface area contributed by atoms with Gasteiger partial charge in [-0.25, -0.2) is 0 Å². The van der Waals surface area contributed by atoms with Gasteiger partial charge in [0.15, 0.2) is 0 Å². The summed E-state index contributed by atoms with van der Waals surface area (Å²) in [6, 6.07) is 0. The van der Waals surface area contributed by atoms with Crippen molar-refractivity contribution in [3.8, 4) is 0 Å². The molecule has 0 heterocycles. The van der Waals surface area contributed by atoms with E-state index in [-0.39, 0.29) is 0 Å². The second kappa shape index (κ2) is 3.80. The summed E-state index contributed by atoms with van der Waals surface area (Å²) in [5, 5.41) is 0. The number of hydrogen-bond acceptors (Lipinski definition) is 0. The number of allylic oxidation sites excluding steroid dienone is 2. The van der Waals surface area contributed by atoms with E-state index in [2.05, 4.69) is 26.0 Å². The lowest BCUT2D eigenvalue weighted by Crippen LogP contribution is -2.04. The van der Waals surface area contributed by atoms with E-state index >= 15 is 0 Å². The second-order valence-electron chi connectivity index (χ2n) is 3.51. The molecule has 0 N–H and O–H groups in total. The predicted molar refractivity (Wildman–Crippen MR) is 45.9 cm³/mol. The summed E-state index contributed by atoms with van der Waals surface area (Å²) in [7, 11) is 0. The minimum absolute atomic E-state index is 0.939. The van der Waals surface area contributed by atoms with E-state index in [4.69, 9.17) is 0 Å². The summed E-state index contributed by atoms with van der Waals surface area (Å²) >= 11 is 0. The van der Waals surface area contributed by atoms with Crippen molar-refractivity contribution in [3.63, 3.8) is 0 Å². The standard InChI is InChI=1S/C10H18/c1-3-9(2)7-8-10-5-4-6-10/h4-5,9-10H,3,6-8H2,1-2H3. The highest BCUT2D eigenvalue weighted by atomic mass is 14.2. The Hall–Kier alpha value is -0.260. The zero-order valence-corrected chi connectivity index (χ0v) is 7.14. The molecule has 2 atom stereocenters. The average Bonchev–Trinajstić information content (AvgIpc) is 1.84. The van der Waals surface area contributed by atoms with Gasteiger partial charge in [0.25, 0.3) is 0 Å². The largest absolute Gasteiger partial charge is 0.0877 e. The highest BCUT2D eigenvalue weighted by Crippen LogP contribution is 2.24. The van der Waals surface area contributed by atoms with Gasteiger partial charge in [-0.15, -0.1) is 0 Å². The van der Waals surface area contributed by atoms with Crippen LogP contribution in [0.1, 0.15) is 39.5 Å². The first kappa shape index (κ1) is 7.84. The van der Waals surface area contributed by atoms with Gasteiger partial charge in [-0.1, -0.05) is 38.8 Å². The molecule has 10 heavy (non-hydrogen) atoms. The van der Waals surface area contributed by atoms with Gasteiger partial charge in [-0.3, -0.25) is 0 Å². The van der Waals surface area contributed by atoms with Crippen molar-refractivity contribution in [2.45, 2.75) is 39.5 Å². The van der Waals surface area contributed by atoms with Crippen LogP contribution in [0.15, 0.2) is 12.2 Å². The van der Waals surface area contributed by atoms with E-state index in [1.807, 2.05) is 0 Å². The van der Waals surface area contributed by atoms with Crippen molar-refractivity contribution in [3.05, 3.63) is 12.2 Å². The minimum Gasteiger partial charge on any atom is -0.0877 e. The second-order valence-corrected chi connectivity index (χ2v) is 3.51. The maximum absolute atomic E-state index is 2.35. The van der Waals surface area contributed by atoms with Crippen LogP contribution in [0, 0.1) is 11.8 Å². The van der Waals surface area contributed by atoms with Crippen LogP contribution in [0.5, 0.6) is 0 Å². The Balaban J connectivity index is 1.99. The van der Waals surface area contributed by atoms with Crippen molar-refractivity contribution in [2.75, 3.05) is 0 Å². The Kier molecular flexibility index (Phi) is 2.98. The van der Waals surface area contributed by atoms with E-state index in [9.17, 15) is 0 Å². The van der Waals surface area contributed by atoms with Crippen molar-refractivity contribution < 1.29 is 0 Å². The highest BCUT2D eigenvalue weighted by Gasteiger charge is 2.10. The zero-order valence-electron chi connectivity index (χ0n) is 7.14. The monoisotopic (exact) mass is 138 g/mol. The van der Waals surface area contributed by atoms with E-state index in [0.29, 0.717) is 0 Å². The molecule has 2 unspecified atom stereocenters. The normalized spacial score (nSPS) is 26.0. The van der Waals surface area contributed by atoms with Crippen LogP contribution in [0.3, 0.4) is 0 Å². The molecule has 1 rings (SSSR count). The van der Waals surface area contributed by atoms with Gasteiger partial charge in [-0.2, -0.15) is 0 Å². The Morgan fingerprint density at radius 3 is 2.70 bits per heavy atom. The van der Waals surface area contributed by atoms with Crippen molar-refractivity contribution in [1.82, 2.24) is 0 Å². The molecule has 0 heteroatoms. The molecule has 0 spiro atoms. The molecule has 0 aliphatic heterocycles. The number of hydrogen-bond donors (Lipinski definition) is 0. The maximum atomic E-state index is 2.35. The van der Waals surface area contributed by atoms with Crippen LogP contribution < -0.4 is 0 Å². The van der Waals surface area contributed by atoms with E-state index in [1.54, 1.807) is 0 Å². The predicted octanol–water partition coefficient (Wildman–Crippen LogP) is 3.39. The van der Waals surface area contributed by atoms with E-state index in [1.165, 1.54) is 25.7 Å². The Labute approximate surface area is 64.3 Å². The van der Waals surface area contributed by atoms with Gasteiger partial charge in [0.2, 0.25) is 0 Å². The molecule has 58 valence electrons. The molecule has 0 aromatic carbocycles. The maximum Gasteiger partial charge on any atom is -0.0199 e. The quantitative estimate of drug-likeness (QED) is 0.522. The molecule has 0 radical (unpaired) electrons. The van der Waals surface area contributed by atoms with Crippen LogP contribution in [0.2, 0.25) is 0 Å². The average molecular weight is 138 g/mol. The van der Waals surface area contributed by atoms with E-state index < -0.39 is 0 Å². The molecule has 0 fully saturated rings. The lowest BCUT2D eigenvalue weighted by molar-refractivity contribution is 0.433. The molecule has 0 bridgehead atoms. The fraction of sp³-hybridized carbons (Fsp3) is 0.800. The van der Waals surface area contributed by atoms with Crippen LogP contribution in [-0.4, -0.2) is 0 Å². The molecule has 0 saturated carbocycles.